The Kier molecular flexibility index (Phi) is 6.60. The lowest BCUT2D eigenvalue weighted by atomic mass is 9.85. The molecule has 232 valence electrons. The van der Waals surface area contributed by atoms with Crippen LogP contribution in [0.2, 0.25) is 0 Å². The van der Waals surface area contributed by atoms with Crippen LogP contribution in [0, 0.1) is 0 Å². The molecule has 0 unspecified atom stereocenters. The topological polar surface area (TPSA) is 0 Å². The van der Waals surface area contributed by atoms with E-state index in [2.05, 4.69) is 194 Å². The third kappa shape index (κ3) is 4.61. The van der Waals surface area contributed by atoms with Gasteiger partial charge in [-0.2, -0.15) is 0 Å². The zero-order chi connectivity index (χ0) is 33.0. The minimum Gasteiger partial charge on any atom is -0.0622 e. The van der Waals surface area contributed by atoms with Crippen LogP contribution in [0.5, 0.6) is 0 Å². The summed E-state index contributed by atoms with van der Waals surface area (Å²) < 4.78 is 0. The van der Waals surface area contributed by atoms with Crippen molar-refractivity contribution in [3.05, 3.63) is 194 Å². The molecule has 0 heterocycles. The van der Waals surface area contributed by atoms with Crippen molar-refractivity contribution in [1.29, 1.82) is 0 Å². The Labute approximate surface area is 291 Å². The molecule has 50 heavy (non-hydrogen) atoms. The highest BCUT2D eigenvalue weighted by molar-refractivity contribution is 6.22. The molecule has 0 spiro atoms. The second-order valence-electron chi connectivity index (χ2n) is 13.3. The largest absolute Gasteiger partial charge is 0.0622 e. The molecule has 0 radical (unpaired) electrons. The normalized spacial score (nSPS) is 11.6. The van der Waals surface area contributed by atoms with Gasteiger partial charge in [-0.1, -0.05) is 176 Å². The number of rotatable bonds is 4. The van der Waals surface area contributed by atoms with Crippen molar-refractivity contribution >= 4 is 53.9 Å². The Morgan fingerprint density at radius 3 is 1.24 bits per heavy atom. The lowest BCUT2D eigenvalue weighted by Gasteiger charge is -2.18. The fourth-order valence-electron chi connectivity index (χ4n) is 8.09. The maximum absolute atomic E-state index is 2.37. The lowest BCUT2D eigenvalue weighted by molar-refractivity contribution is 1.59. The second kappa shape index (κ2) is 11.6. The Balaban J connectivity index is 1.14. The van der Waals surface area contributed by atoms with Gasteiger partial charge in [0.2, 0.25) is 0 Å². The second-order valence-corrected chi connectivity index (χ2v) is 13.3. The van der Waals surface area contributed by atoms with Crippen LogP contribution in [0.25, 0.3) is 98.4 Å². The van der Waals surface area contributed by atoms with Gasteiger partial charge in [-0.3, -0.25) is 0 Å². The van der Waals surface area contributed by atoms with Crippen LogP contribution in [0.4, 0.5) is 0 Å². The summed E-state index contributed by atoms with van der Waals surface area (Å²) in [7, 11) is 0. The van der Waals surface area contributed by atoms with Crippen LogP contribution < -0.4 is 0 Å². The summed E-state index contributed by atoms with van der Waals surface area (Å²) in [4.78, 5) is 0. The molecule has 0 atom stereocenters. The number of hydrogen-bond donors (Lipinski definition) is 0. The van der Waals surface area contributed by atoms with Crippen LogP contribution in [0.1, 0.15) is 0 Å². The zero-order valence-corrected chi connectivity index (χ0v) is 27.5. The minimum atomic E-state index is 1.23. The molecule has 0 heteroatoms. The van der Waals surface area contributed by atoms with E-state index >= 15 is 0 Å². The van der Waals surface area contributed by atoms with Gasteiger partial charge in [0.05, 0.1) is 0 Å². The van der Waals surface area contributed by atoms with Crippen LogP contribution in [-0.4, -0.2) is 0 Å². The number of benzene rings is 10. The maximum Gasteiger partial charge on any atom is -0.00262 e. The Bertz CT molecular complexity index is 2860. The van der Waals surface area contributed by atoms with Gasteiger partial charge in [0.15, 0.2) is 0 Å². The first-order valence-electron chi connectivity index (χ1n) is 17.3. The number of fused-ring (bicyclic) bond motifs is 6. The summed E-state index contributed by atoms with van der Waals surface area (Å²) in [5.41, 5.74) is 10.0. The third-order valence-corrected chi connectivity index (χ3v) is 10.4. The standard InChI is InChI=1S/C50H32/c1-2-12-33(13-3-1)41-16-6-7-17-43(41)37-26-23-36-31-39(27-24-35(36)30-37)49-45-18-8-10-20-47(45)50(48-21-11-9-19-46(48)49)40-28-29-44-38(32-40)25-22-34-14-4-5-15-42(34)44/h1-32H. The molecule has 0 amide bonds. The molecule has 0 aliphatic carbocycles. The lowest BCUT2D eigenvalue weighted by Crippen LogP contribution is -1.91. The van der Waals surface area contributed by atoms with Crippen LogP contribution in [0.15, 0.2) is 194 Å². The number of hydrogen-bond acceptors (Lipinski definition) is 0. The van der Waals surface area contributed by atoms with Gasteiger partial charge < -0.3 is 0 Å². The molecule has 0 fully saturated rings. The molecule has 0 nitrogen and oxygen atoms in total. The summed E-state index contributed by atoms with van der Waals surface area (Å²) in [6.45, 7) is 0. The Hall–Kier alpha value is -6.50. The quantitative estimate of drug-likeness (QED) is 0.134. The van der Waals surface area contributed by atoms with E-state index in [0.29, 0.717) is 0 Å². The van der Waals surface area contributed by atoms with Crippen molar-refractivity contribution in [3.63, 3.8) is 0 Å². The molecule has 0 aromatic heterocycles. The van der Waals surface area contributed by atoms with Gasteiger partial charge in [-0.15, -0.1) is 0 Å². The van der Waals surface area contributed by atoms with Crippen molar-refractivity contribution in [2.75, 3.05) is 0 Å². The predicted molar refractivity (Wildman–Crippen MR) is 216 cm³/mol. The van der Waals surface area contributed by atoms with Crippen LogP contribution in [0.3, 0.4) is 0 Å². The molecule has 10 aromatic rings. The van der Waals surface area contributed by atoms with E-state index in [1.165, 1.54) is 98.4 Å². The average Bonchev–Trinajstić information content (AvgIpc) is 3.19. The van der Waals surface area contributed by atoms with Crippen molar-refractivity contribution in [1.82, 2.24) is 0 Å². The van der Waals surface area contributed by atoms with E-state index in [1.807, 2.05) is 0 Å². The summed E-state index contributed by atoms with van der Waals surface area (Å²) >= 11 is 0. The molecule has 0 aliphatic rings. The molecule has 0 N–H and O–H groups in total. The van der Waals surface area contributed by atoms with Gasteiger partial charge in [0.1, 0.15) is 0 Å². The third-order valence-electron chi connectivity index (χ3n) is 10.4. The monoisotopic (exact) mass is 632 g/mol. The van der Waals surface area contributed by atoms with E-state index < -0.39 is 0 Å². The van der Waals surface area contributed by atoms with E-state index in [9.17, 15) is 0 Å². The van der Waals surface area contributed by atoms with E-state index in [4.69, 9.17) is 0 Å². The SMILES string of the molecule is c1ccc(-c2ccccc2-c2ccc3cc(-c4c5ccccc5c(-c5ccc6c(ccc7ccccc76)c5)c5ccccc45)ccc3c2)cc1. The van der Waals surface area contributed by atoms with Crippen molar-refractivity contribution < 1.29 is 0 Å². The highest BCUT2D eigenvalue weighted by Gasteiger charge is 2.17. The fraction of sp³-hybridized carbons (Fsp3) is 0. The summed E-state index contributed by atoms with van der Waals surface area (Å²) in [6, 6.07) is 71.3. The maximum atomic E-state index is 2.37. The van der Waals surface area contributed by atoms with Gasteiger partial charge in [-0.05, 0) is 117 Å². The molecule has 0 bridgehead atoms. The molecular formula is C50H32. The minimum absolute atomic E-state index is 1.23. The van der Waals surface area contributed by atoms with Crippen LogP contribution >= 0.6 is 0 Å². The highest BCUT2D eigenvalue weighted by Crippen LogP contribution is 2.45. The Morgan fingerprint density at radius 2 is 0.600 bits per heavy atom. The van der Waals surface area contributed by atoms with Crippen molar-refractivity contribution in [2.45, 2.75) is 0 Å². The van der Waals surface area contributed by atoms with Gasteiger partial charge >= 0.3 is 0 Å². The first-order chi connectivity index (χ1) is 24.8. The zero-order valence-electron chi connectivity index (χ0n) is 27.5. The molecule has 0 saturated carbocycles. The molecule has 0 aliphatic heterocycles. The molecule has 10 aromatic carbocycles. The van der Waals surface area contributed by atoms with Crippen LogP contribution in [-0.2, 0) is 0 Å². The first kappa shape index (κ1) is 28.5. The Morgan fingerprint density at radius 1 is 0.200 bits per heavy atom. The summed E-state index contributed by atoms with van der Waals surface area (Å²) in [6.07, 6.45) is 0. The molecule has 0 saturated heterocycles. The van der Waals surface area contributed by atoms with Gasteiger partial charge in [0.25, 0.3) is 0 Å². The average molecular weight is 633 g/mol. The molecule has 10 rings (SSSR count). The predicted octanol–water partition coefficient (Wildman–Crippen LogP) is 14.1. The molecular weight excluding hydrogens is 601 g/mol. The van der Waals surface area contributed by atoms with Crippen molar-refractivity contribution in [2.24, 2.45) is 0 Å². The van der Waals surface area contributed by atoms with Gasteiger partial charge in [-0.25, -0.2) is 0 Å². The van der Waals surface area contributed by atoms with Crippen molar-refractivity contribution in [3.8, 4) is 44.5 Å². The summed E-state index contributed by atoms with van der Waals surface area (Å²) in [5.74, 6) is 0. The fourth-order valence-corrected chi connectivity index (χ4v) is 8.09. The smallest absolute Gasteiger partial charge is 0.00262 e. The van der Waals surface area contributed by atoms with E-state index in [-0.39, 0.29) is 0 Å². The van der Waals surface area contributed by atoms with E-state index in [0.717, 1.165) is 0 Å². The highest BCUT2D eigenvalue weighted by atomic mass is 14.2. The first-order valence-corrected chi connectivity index (χ1v) is 17.3. The van der Waals surface area contributed by atoms with E-state index in [1.54, 1.807) is 0 Å². The van der Waals surface area contributed by atoms with Gasteiger partial charge in [0, 0.05) is 0 Å². The summed E-state index contributed by atoms with van der Waals surface area (Å²) in [5, 5.41) is 12.7.